The molecule has 0 bridgehead atoms. The summed E-state index contributed by atoms with van der Waals surface area (Å²) in [5, 5.41) is 11.2. The van der Waals surface area contributed by atoms with Crippen molar-refractivity contribution in [3.05, 3.63) is 23.5 Å². The van der Waals surface area contributed by atoms with Crippen molar-refractivity contribution in [3.63, 3.8) is 0 Å². The Morgan fingerprint density at radius 1 is 1.25 bits per heavy atom. The number of amides is 1. The second-order valence-electron chi connectivity index (χ2n) is 4.74. The van der Waals surface area contributed by atoms with Crippen molar-refractivity contribution in [3.8, 4) is 0 Å². The van der Waals surface area contributed by atoms with Crippen LogP contribution in [0.4, 0.5) is 0 Å². The van der Waals surface area contributed by atoms with E-state index in [9.17, 15) is 14.4 Å². The molecule has 0 radical (unpaired) electrons. The highest BCUT2D eigenvalue weighted by molar-refractivity contribution is 5.99. The molecule has 6 nitrogen and oxygen atoms in total. The predicted molar refractivity (Wildman–Crippen MR) is 73.9 cm³/mol. The lowest BCUT2D eigenvalue weighted by Crippen LogP contribution is -2.26. The molecule has 6 heteroatoms. The number of unbranched alkanes of at least 4 members (excludes halogenated alkanes) is 2. The fourth-order valence-corrected chi connectivity index (χ4v) is 1.85. The number of ketones is 1. The van der Waals surface area contributed by atoms with Crippen molar-refractivity contribution < 1.29 is 19.5 Å². The summed E-state index contributed by atoms with van der Waals surface area (Å²) < 4.78 is 1.62. The minimum Gasteiger partial charge on any atom is -0.481 e. The van der Waals surface area contributed by atoms with E-state index in [4.69, 9.17) is 5.11 Å². The van der Waals surface area contributed by atoms with E-state index in [0.717, 1.165) is 12.8 Å². The first-order valence-corrected chi connectivity index (χ1v) is 6.59. The van der Waals surface area contributed by atoms with Gasteiger partial charge in [-0.3, -0.25) is 14.4 Å². The molecular formula is C14H20N2O4. The van der Waals surface area contributed by atoms with E-state index in [-0.39, 0.29) is 18.1 Å². The number of aryl methyl sites for hydroxylation is 1. The van der Waals surface area contributed by atoms with Gasteiger partial charge in [0.2, 0.25) is 0 Å². The molecule has 0 aromatic carbocycles. The van der Waals surface area contributed by atoms with Crippen LogP contribution in [0.25, 0.3) is 0 Å². The third kappa shape index (κ3) is 4.87. The van der Waals surface area contributed by atoms with E-state index in [1.807, 2.05) is 0 Å². The molecule has 0 atom stereocenters. The summed E-state index contributed by atoms with van der Waals surface area (Å²) >= 11 is 0. The number of carbonyl (C=O) groups is 3. The minimum absolute atomic E-state index is 0.0756. The van der Waals surface area contributed by atoms with Gasteiger partial charge in [-0.1, -0.05) is 6.42 Å². The molecule has 0 saturated carbocycles. The summed E-state index contributed by atoms with van der Waals surface area (Å²) in [7, 11) is 1.72. The maximum atomic E-state index is 11.9. The molecule has 0 aliphatic heterocycles. The zero-order valence-corrected chi connectivity index (χ0v) is 11.8. The third-order valence-electron chi connectivity index (χ3n) is 3.00. The topological polar surface area (TPSA) is 88.4 Å². The number of hydrogen-bond acceptors (Lipinski definition) is 3. The van der Waals surface area contributed by atoms with Crippen molar-refractivity contribution in [2.24, 2.45) is 7.05 Å². The zero-order valence-electron chi connectivity index (χ0n) is 11.8. The second-order valence-corrected chi connectivity index (χ2v) is 4.74. The minimum atomic E-state index is -0.797. The van der Waals surface area contributed by atoms with Crippen LogP contribution in [0.1, 0.15) is 53.5 Å². The average Bonchev–Trinajstić information content (AvgIpc) is 2.75. The third-order valence-corrected chi connectivity index (χ3v) is 3.00. The van der Waals surface area contributed by atoms with Crippen molar-refractivity contribution in [2.45, 2.75) is 32.6 Å². The van der Waals surface area contributed by atoms with E-state index in [1.54, 1.807) is 23.9 Å². The van der Waals surface area contributed by atoms with E-state index in [0.29, 0.717) is 24.2 Å². The van der Waals surface area contributed by atoms with Gasteiger partial charge in [-0.15, -0.1) is 0 Å². The van der Waals surface area contributed by atoms with Crippen molar-refractivity contribution in [2.75, 3.05) is 6.54 Å². The van der Waals surface area contributed by atoms with E-state index >= 15 is 0 Å². The van der Waals surface area contributed by atoms with E-state index < -0.39 is 5.97 Å². The highest BCUT2D eigenvalue weighted by atomic mass is 16.4. The Morgan fingerprint density at radius 3 is 2.50 bits per heavy atom. The number of carboxylic acids is 1. The lowest BCUT2D eigenvalue weighted by atomic mass is 10.2. The lowest BCUT2D eigenvalue weighted by Gasteiger charge is -2.05. The molecule has 20 heavy (non-hydrogen) atoms. The van der Waals surface area contributed by atoms with Crippen LogP contribution >= 0.6 is 0 Å². The normalized spacial score (nSPS) is 10.3. The molecule has 0 aliphatic carbocycles. The standard InChI is InChI=1S/C14H20N2O4/c1-10(17)11-8-12(16(2)9-11)14(20)15-7-5-3-4-6-13(18)19/h8-9H,3-7H2,1-2H3,(H,15,20)(H,18,19). The van der Waals surface area contributed by atoms with Crippen molar-refractivity contribution in [1.29, 1.82) is 0 Å². The molecule has 1 rings (SSSR count). The van der Waals surface area contributed by atoms with E-state index in [1.165, 1.54) is 6.92 Å². The molecule has 0 aliphatic rings. The molecule has 2 N–H and O–H groups in total. The van der Waals surface area contributed by atoms with Gasteiger partial charge in [-0.05, 0) is 25.8 Å². The van der Waals surface area contributed by atoms with Crippen molar-refractivity contribution in [1.82, 2.24) is 9.88 Å². The van der Waals surface area contributed by atoms with Crippen LogP contribution in [0.5, 0.6) is 0 Å². The fraction of sp³-hybridized carbons (Fsp3) is 0.500. The van der Waals surface area contributed by atoms with Crippen molar-refractivity contribution >= 4 is 17.7 Å². The van der Waals surface area contributed by atoms with Gasteiger partial charge in [-0.25, -0.2) is 0 Å². The first kappa shape index (κ1) is 15.9. The quantitative estimate of drug-likeness (QED) is 0.559. The Morgan fingerprint density at radius 2 is 1.95 bits per heavy atom. The maximum absolute atomic E-state index is 11.9. The van der Waals surface area contributed by atoms with Crippen LogP contribution in [0.2, 0.25) is 0 Å². The fourth-order valence-electron chi connectivity index (χ4n) is 1.85. The van der Waals surface area contributed by atoms with Gasteiger partial charge < -0.3 is 15.0 Å². The van der Waals surface area contributed by atoms with Gasteiger partial charge >= 0.3 is 5.97 Å². The summed E-state index contributed by atoms with van der Waals surface area (Å²) in [5.41, 5.74) is 0.958. The number of rotatable bonds is 8. The SMILES string of the molecule is CC(=O)c1cc(C(=O)NCCCCCC(=O)O)n(C)c1. The molecule has 0 spiro atoms. The number of aliphatic carboxylic acids is 1. The van der Waals surface area contributed by atoms with Crippen LogP contribution in [-0.2, 0) is 11.8 Å². The Labute approximate surface area is 117 Å². The Hall–Kier alpha value is -2.11. The monoisotopic (exact) mass is 280 g/mol. The molecule has 1 amide bonds. The number of carboxylic acid groups (broad SMARTS) is 1. The Kier molecular flexibility index (Phi) is 5.96. The summed E-state index contributed by atoms with van der Waals surface area (Å²) in [5.74, 6) is -1.10. The summed E-state index contributed by atoms with van der Waals surface area (Å²) in [6, 6.07) is 1.57. The zero-order chi connectivity index (χ0) is 15.1. The van der Waals surface area contributed by atoms with Crippen LogP contribution in [-0.4, -0.2) is 33.9 Å². The highest BCUT2D eigenvalue weighted by Gasteiger charge is 2.13. The highest BCUT2D eigenvalue weighted by Crippen LogP contribution is 2.08. The van der Waals surface area contributed by atoms with E-state index in [2.05, 4.69) is 5.32 Å². The Balaban J connectivity index is 2.36. The number of hydrogen-bond donors (Lipinski definition) is 2. The van der Waals surface area contributed by atoms with Crippen LogP contribution in [0.3, 0.4) is 0 Å². The number of aromatic nitrogens is 1. The summed E-state index contributed by atoms with van der Waals surface area (Å²) in [6.45, 7) is 1.96. The van der Waals surface area contributed by atoms with Gasteiger partial charge in [0.25, 0.3) is 5.91 Å². The first-order valence-electron chi connectivity index (χ1n) is 6.59. The number of carbonyl (C=O) groups excluding carboxylic acids is 2. The van der Waals surface area contributed by atoms with Gasteiger partial charge in [0.15, 0.2) is 5.78 Å². The van der Waals surface area contributed by atoms with Gasteiger partial charge in [0.1, 0.15) is 5.69 Å². The molecule has 0 unspecified atom stereocenters. The van der Waals surface area contributed by atoms with Crippen LogP contribution in [0.15, 0.2) is 12.3 Å². The predicted octanol–water partition coefficient (Wildman–Crippen LogP) is 1.60. The maximum Gasteiger partial charge on any atom is 0.303 e. The van der Waals surface area contributed by atoms with Gasteiger partial charge in [0, 0.05) is 31.8 Å². The average molecular weight is 280 g/mol. The molecule has 110 valence electrons. The molecule has 1 aromatic heterocycles. The molecule has 1 aromatic rings. The molecular weight excluding hydrogens is 260 g/mol. The van der Waals surface area contributed by atoms with Crippen LogP contribution in [0, 0.1) is 0 Å². The largest absolute Gasteiger partial charge is 0.481 e. The first-order chi connectivity index (χ1) is 9.41. The van der Waals surface area contributed by atoms with Crippen LogP contribution < -0.4 is 5.32 Å². The van der Waals surface area contributed by atoms with Gasteiger partial charge in [0.05, 0.1) is 0 Å². The molecule has 0 fully saturated rings. The summed E-state index contributed by atoms with van der Waals surface area (Å²) in [4.78, 5) is 33.5. The second kappa shape index (κ2) is 7.47. The number of Topliss-reactive ketones (excluding diaryl/α,β-unsaturated/α-hetero) is 1. The lowest BCUT2D eigenvalue weighted by molar-refractivity contribution is -0.137. The molecule has 0 saturated heterocycles. The number of nitrogens with zero attached hydrogens (tertiary/aromatic N) is 1. The Bertz CT molecular complexity index is 505. The smallest absolute Gasteiger partial charge is 0.303 e. The summed E-state index contributed by atoms with van der Waals surface area (Å²) in [6.07, 6.45) is 3.91. The van der Waals surface area contributed by atoms with Gasteiger partial charge in [-0.2, -0.15) is 0 Å². The number of nitrogens with one attached hydrogen (secondary N) is 1. The molecule has 1 heterocycles.